The van der Waals surface area contributed by atoms with Crippen LogP contribution in [0.25, 0.3) is 11.5 Å². The van der Waals surface area contributed by atoms with Gasteiger partial charge in [-0.1, -0.05) is 11.6 Å². The van der Waals surface area contributed by atoms with Crippen LogP contribution in [0.2, 0.25) is 5.15 Å². The van der Waals surface area contributed by atoms with Crippen molar-refractivity contribution in [2.75, 3.05) is 0 Å². The molecular formula is C10H6ClNO3. The molecule has 4 nitrogen and oxygen atoms in total. The second-order valence-corrected chi connectivity index (χ2v) is 3.23. The minimum Gasteiger partial charge on any atom is -0.478 e. The number of carboxylic acid groups (broad SMARTS) is 1. The van der Waals surface area contributed by atoms with E-state index in [-0.39, 0.29) is 10.7 Å². The summed E-state index contributed by atoms with van der Waals surface area (Å²) in [4.78, 5) is 14.7. The lowest BCUT2D eigenvalue weighted by Gasteiger charge is -1.99. The monoisotopic (exact) mass is 223 g/mol. The first kappa shape index (κ1) is 9.73. The van der Waals surface area contributed by atoms with E-state index in [4.69, 9.17) is 21.1 Å². The molecule has 0 saturated carbocycles. The highest BCUT2D eigenvalue weighted by atomic mass is 35.5. The number of aromatic carboxylic acids is 1. The molecule has 0 aliphatic rings. The topological polar surface area (TPSA) is 63.3 Å². The summed E-state index contributed by atoms with van der Waals surface area (Å²) in [6, 6.07) is 6.08. The molecule has 2 heterocycles. The Hall–Kier alpha value is -1.81. The molecule has 0 unspecified atom stereocenters. The number of furan rings is 1. The Morgan fingerprint density at radius 1 is 1.47 bits per heavy atom. The van der Waals surface area contributed by atoms with Gasteiger partial charge in [-0.15, -0.1) is 0 Å². The second-order valence-electron chi connectivity index (χ2n) is 2.85. The summed E-state index contributed by atoms with van der Waals surface area (Å²) >= 11 is 5.69. The highest BCUT2D eigenvalue weighted by Crippen LogP contribution is 2.21. The van der Waals surface area contributed by atoms with Gasteiger partial charge >= 0.3 is 5.97 Å². The van der Waals surface area contributed by atoms with E-state index in [1.165, 1.54) is 18.4 Å². The maximum atomic E-state index is 10.8. The summed E-state index contributed by atoms with van der Waals surface area (Å²) in [6.07, 6.45) is 1.48. The normalized spacial score (nSPS) is 10.2. The zero-order valence-electron chi connectivity index (χ0n) is 7.48. The molecule has 0 spiro atoms. The fourth-order valence-electron chi connectivity index (χ4n) is 1.17. The Bertz CT molecular complexity index is 493. The minimum absolute atomic E-state index is 0.0846. The van der Waals surface area contributed by atoms with Gasteiger partial charge < -0.3 is 9.52 Å². The number of carboxylic acids is 1. The van der Waals surface area contributed by atoms with Crippen LogP contribution in [0.15, 0.2) is 34.9 Å². The number of nitrogens with zero attached hydrogens (tertiary/aromatic N) is 1. The Morgan fingerprint density at radius 2 is 2.27 bits per heavy atom. The molecule has 0 fully saturated rings. The van der Waals surface area contributed by atoms with Crippen molar-refractivity contribution >= 4 is 17.6 Å². The Morgan fingerprint density at radius 3 is 2.87 bits per heavy atom. The summed E-state index contributed by atoms with van der Waals surface area (Å²) in [5.41, 5.74) is 0.492. The molecule has 0 amide bonds. The average molecular weight is 224 g/mol. The standard InChI is InChI=1S/C10H6ClNO3/c11-9-5-6(10(13)14)4-7(12-9)8-2-1-3-15-8/h1-5H,(H,13,14). The molecule has 0 aliphatic carbocycles. The first-order valence-electron chi connectivity index (χ1n) is 4.11. The van der Waals surface area contributed by atoms with Crippen molar-refractivity contribution in [1.82, 2.24) is 4.98 Å². The molecule has 0 aliphatic heterocycles. The van der Waals surface area contributed by atoms with Crippen LogP contribution in [0.5, 0.6) is 0 Å². The molecule has 2 aromatic heterocycles. The molecule has 2 rings (SSSR count). The van der Waals surface area contributed by atoms with Crippen molar-refractivity contribution in [3.05, 3.63) is 41.2 Å². The van der Waals surface area contributed by atoms with Crippen molar-refractivity contribution in [3.63, 3.8) is 0 Å². The van der Waals surface area contributed by atoms with Gasteiger partial charge in [0.15, 0.2) is 5.76 Å². The van der Waals surface area contributed by atoms with Crippen LogP contribution in [0.3, 0.4) is 0 Å². The third-order valence-electron chi connectivity index (χ3n) is 1.81. The van der Waals surface area contributed by atoms with E-state index in [0.717, 1.165) is 0 Å². The maximum absolute atomic E-state index is 10.8. The highest BCUT2D eigenvalue weighted by molar-refractivity contribution is 6.29. The summed E-state index contributed by atoms with van der Waals surface area (Å²) in [6.45, 7) is 0. The molecule has 0 atom stereocenters. The summed E-state index contributed by atoms with van der Waals surface area (Å²) < 4.78 is 5.10. The SMILES string of the molecule is O=C(O)c1cc(Cl)nc(-c2ccco2)c1. The van der Waals surface area contributed by atoms with E-state index in [9.17, 15) is 4.79 Å². The second kappa shape index (κ2) is 3.74. The lowest BCUT2D eigenvalue weighted by atomic mass is 10.2. The molecule has 0 aromatic carbocycles. The van der Waals surface area contributed by atoms with Gasteiger partial charge in [-0.3, -0.25) is 0 Å². The predicted molar refractivity (Wildman–Crippen MR) is 53.9 cm³/mol. The summed E-state index contributed by atoms with van der Waals surface area (Å²) in [7, 11) is 0. The predicted octanol–water partition coefficient (Wildman–Crippen LogP) is 2.69. The van der Waals surface area contributed by atoms with E-state index in [1.807, 2.05) is 0 Å². The van der Waals surface area contributed by atoms with Gasteiger partial charge in [0, 0.05) is 0 Å². The Balaban J connectivity index is 2.54. The van der Waals surface area contributed by atoms with Crippen LogP contribution in [0.4, 0.5) is 0 Å². The molecule has 1 N–H and O–H groups in total. The van der Waals surface area contributed by atoms with Gasteiger partial charge in [0.1, 0.15) is 10.8 Å². The van der Waals surface area contributed by atoms with Crippen molar-refractivity contribution in [2.45, 2.75) is 0 Å². The van der Waals surface area contributed by atoms with E-state index in [1.54, 1.807) is 12.1 Å². The third kappa shape index (κ3) is 1.99. The van der Waals surface area contributed by atoms with Gasteiger partial charge in [0.25, 0.3) is 0 Å². The number of hydrogen-bond acceptors (Lipinski definition) is 3. The zero-order chi connectivity index (χ0) is 10.8. The first-order chi connectivity index (χ1) is 7.16. The summed E-state index contributed by atoms with van der Waals surface area (Å²) in [5, 5.41) is 8.94. The average Bonchev–Trinajstić information content (AvgIpc) is 2.69. The largest absolute Gasteiger partial charge is 0.478 e. The van der Waals surface area contributed by atoms with Gasteiger partial charge in [-0.2, -0.15) is 0 Å². The van der Waals surface area contributed by atoms with Crippen LogP contribution < -0.4 is 0 Å². The van der Waals surface area contributed by atoms with Crippen molar-refractivity contribution in [1.29, 1.82) is 0 Å². The van der Waals surface area contributed by atoms with E-state index in [0.29, 0.717) is 11.5 Å². The van der Waals surface area contributed by atoms with E-state index >= 15 is 0 Å². The van der Waals surface area contributed by atoms with Gasteiger partial charge in [-0.05, 0) is 24.3 Å². The number of aromatic nitrogens is 1. The van der Waals surface area contributed by atoms with Crippen LogP contribution in [0, 0.1) is 0 Å². The lowest BCUT2D eigenvalue weighted by molar-refractivity contribution is 0.0697. The zero-order valence-corrected chi connectivity index (χ0v) is 8.23. The fraction of sp³-hybridized carbons (Fsp3) is 0. The molecular weight excluding hydrogens is 218 g/mol. The fourth-order valence-corrected chi connectivity index (χ4v) is 1.38. The lowest BCUT2D eigenvalue weighted by Crippen LogP contribution is -1.97. The van der Waals surface area contributed by atoms with E-state index in [2.05, 4.69) is 4.98 Å². The van der Waals surface area contributed by atoms with E-state index < -0.39 is 5.97 Å². The van der Waals surface area contributed by atoms with Crippen LogP contribution >= 0.6 is 11.6 Å². The van der Waals surface area contributed by atoms with Crippen LogP contribution in [-0.2, 0) is 0 Å². The molecule has 15 heavy (non-hydrogen) atoms. The number of carbonyl (C=O) groups is 1. The Kier molecular flexibility index (Phi) is 2.43. The first-order valence-corrected chi connectivity index (χ1v) is 4.49. The van der Waals surface area contributed by atoms with Crippen molar-refractivity contribution < 1.29 is 14.3 Å². The third-order valence-corrected chi connectivity index (χ3v) is 2.01. The smallest absolute Gasteiger partial charge is 0.335 e. The number of halogens is 1. The van der Waals surface area contributed by atoms with Gasteiger partial charge in [0.2, 0.25) is 0 Å². The van der Waals surface area contributed by atoms with Gasteiger partial charge in [-0.25, -0.2) is 9.78 Å². The molecule has 2 aromatic rings. The van der Waals surface area contributed by atoms with Gasteiger partial charge in [0.05, 0.1) is 11.8 Å². The molecule has 0 saturated heterocycles. The summed E-state index contributed by atoms with van der Waals surface area (Å²) in [5.74, 6) is -0.563. The number of pyridine rings is 1. The van der Waals surface area contributed by atoms with Crippen molar-refractivity contribution in [3.8, 4) is 11.5 Å². The molecule has 0 radical (unpaired) electrons. The quantitative estimate of drug-likeness (QED) is 0.795. The van der Waals surface area contributed by atoms with Crippen molar-refractivity contribution in [2.24, 2.45) is 0 Å². The molecule has 5 heteroatoms. The number of hydrogen-bond donors (Lipinski definition) is 1. The molecule has 76 valence electrons. The van der Waals surface area contributed by atoms with Crippen LogP contribution in [0.1, 0.15) is 10.4 Å². The Labute approximate surface area is 90.1 Å². The maximum Gasteiger partial charge on any atom is 0.335 e. The highest BCUT2D eigenvalue weighted by Gasteiger charge is 2.10. The number of rotatable bonds is 2. The minimum atomic E-state index is -1.05. The molecule has 0 bridgehead atoms. The van der Waals surface area contributed by atoms with Crippen LogP contribution in [-0.4, -0.2) is 16.1 Å².